The summed E-state index contributed by atoms with van der Waals surface area (Å²) >= 11 is 5.81. The van der Waals surface area contributed by atoms with Gasteiger partial charge >= 0.3 is 6.18 Å². The molecule has 144 valence electrons. The first kappa shape index (κ1) is 19.4. The Bertz CT molecular complexity index is 790. The van der Waals surface area contributed by atoms with Crippen molar-refractivity contribution in [3.8, 4) is 0 Å². The fraction of sp³-hybridized carbons (Fsp3) is 0.333. The Labute approximate surface area is 159 Å². The Balaban J connectivity index is 1.55. The predicted molar refractivity (Wildman–Crippen MR) is 98.0 cm³/mol. The standard InChI is InChI=1S/C18H18ClF3N4O/c19-13-3-5-14(6-4-13)24-16(27)12-25-8-10-26(11-9-25)17-15(18(20,21)22)2-1-7-23-17/h1-7H,8-12H2,(H,24,27). The average Bonchev–Trinajstić information content (AvgIpc) is 2.63. The van der Waals surface area contributed by atoms with Gasteiger partial charge in [-0.1, -0.05) is 11.6 Å². The molecule has 3 rings (SSSR count). The summed E-state index contributed by atoms with van der Waals surface area (Å²) in [4.78, 5) is 19.6. The maximum atomic E-state index is 13.1. The number of nitrogens with zero attached hydrogens (tertiary/aromatic N) is 3. The number of nitrogens with one attached hydrogen (secondary N) is 1. The molecule has 27 heavy (non-hydrogen) atoms. The summed E-state index contributed by atoms with van der Waals surface area (Å²) in [6.07, 6.45) is -3.09. The highest BCUT2D eigenvalue weighted by atomic mass is 35.5. The summed E-state index contributed by atoms with van der Waals surface area (Å²) in [5.41, 5.74) is -0.0923. The third kappa shape index (κ3) is 5.11. The number of pyridine rings is 1. The fourth-order valence-corrected chi connectivity index (χ4v) is 3.05. The molecule has 0 spiro atoms. The highest BCUT2D eigenvalue weighted by Gasteiger charge is 2.36. The molecule has 0 saturated carbocycles. The molecule has 9 heteroatoms. The van der Waals surface area contributed by atoms with Crippen LogP contribution < -0.4 is 10.2 Å². The monoisotopic (exact) mass is 398 g/mol. The zero-order valence-corrected chi connectivity index (χ0v) is 15.1. The van der Waals surface area contributed by atoms with Gasteiger partial charge in [0.05, 0.1) is 12.1 Å². The van der Waals surface area contributed by atoms with Crippen LogP contribution in [0.3, 0.4) is 0 Å². The summed E-state index contributed by atoms with van der Waals surface area (Å²) < 4.78 is 39.4. The zero-order chi connectivity index (χ0) is 19.4. The van der Waals surface area contributed by atoms with Gasteiger partial charge in [-0.15, -0.1) is 0 Å². The van der Waals surface area contributed by atoms with Crippen molar-refractivity contribution in [3.63, 3.8) is 0 Å². The van der Waals surface area contributed by atoms with Crippen LogP contribution in [0, 0.1) is 0 Å². The summed E-state index contributed by atoms with van der Waals surface area (Å²) in [5, 5.41) is 3.35. The second-order valence-electron chi connectivity index (χ2n) is 6.19. The largest absolute Gasteiger partial charge is 0.419 e. The van der Waals surface area contributed by atoms with Crippen LogP contribution >= 0.6 is 11.6 Å². The van der Waals surface area contributed by atoms with E-state index in [0.717, 1.165) is 6.07 Å². The number of carbonyl (C=O) groups is 1. The van der Waals surface area contributed by atoms with Gasteiger partial charge in [-0.3, -0.25) is 9.69 Å². The van der Waals surface area contributed by atoms with E-state index in [9.17, 15) is 18.0 Å². The fourth-order valence-electron chi connectivity index (χ4n) is 2.92. The molecule has 0 bridgehead atoms. The zero-order valence-electron chi connectivity index (χ0n) is 14.3. The lowest BCUT2D eigenvalue weighted by atomic mass is 10.2. The molecule has 2 aromatic rings. The highest BCUT2D eigenvalue weighted by Crippen LogP contribution is 2.35. The normalized spacial score (nSPS) is 15.6. The van der Waals surface area contributed by atoms with Crippen LogP contribution in [0.25, 0.3) is 0 Å². The van der Waals surface area contributed by atoms with Crippen molar-refractivity contribution in [3.05, 3.63) is 53.2 Å². The second-order valence-corrected chi connectivity index (χ2v) is 6.63. The van der Waals surface area contributed by atoms with E-state index in [1.54, 1.807) is 29.2 Å². The van der Waals surface area contributed by atoms with E-state index < -0.39 is 11.7 Å². The lowest BCUT2D eigenvalue weighted by Gasteiger charge is -2.35. The van der Waals surface area contributed by atoms with Gasteiger partial charge in [0.2, 0.25) is 5.91 Å². The number of halogens is 4. The van der Waals surface area contributed by atoms with Crippen molar-refractivity contribution in [2.24, 2.45) is 0 Å². The van der Waals surface area contributed by atoms with E-state index in [0.29, 0.717) is 36.9 Å². The van der Waals surface area contributed by atoms with E-state index in [4.69, 9.17) is 11.6 Å². The van der Waals surface area contributed by atoms with Crippen molar-refractivity contribution in [1.29, 1.82) is 0 Å². The Morgan fingerprint density at radius 3 is 2.41 bits per heavy atom. The van der Waals surface area contributed by atoms with Crippen LogP contribution in [0.15, 0.2) is 42.6 Å². The number of hydrogen-bond donors (Lipinski definition) is 1. The quantitative estimate of drug-likeness (QED) is 0.856. The molecule has 1 aromatic carbocycles. The van der Waals surface area contributed by atoms with Gasteiger partial charge in [0.25, 0.3) is 0 Å². The summed E-state index contributed by atoms with van der Waals surface area (Å²) in [5.74, 6) is -0.241. The number of carbonyl (C=O) groups excluding carboxylic acids is 1. The maximum Gasteiger partial charge on any atom is 0.419 e. The Hall–Kier alpha value is -2.32. The lowest BCUT2D eigenvalue weighted by molar-refractivity contribution is -0.137. The number of rotatable bonds is 4. The number of benzene rings is 1. The number of anilines is 2. The van der Waals surface area contributed by atoms with Crippen molar-refractivity contribution in [2.75, 3.05) is 42.9 Å². The molecule has 5 nitrogen and oxygen atoms in total. The molecule has 0 atom stereocenters. The topological polar surface area (TPSA) is 48.5 Å². The molecular formula is C18H18ClF3N4O. The van der Waals surface area contributed by atoms with Crippen molar-refractivity contribution in [2.45, 2.75) is 6.18 Å². The van der Waals surface area contributed by atoms with E-state index in [-0.39, 0.29) is 18.3 Å². The molecule has 1 aromatic heterocycles. The Morgan fingerprint density at radius 1 is 1.11 bits per heavy atom. The van der Waals surface area contributed by atoms with Gasteiger partial charge in [-0.25, -0.2) is 4.98 Å². The van der Waals surface area contributed by atoms with Crippen molar-refractivity contribution < 1.29 is 18.0 Å². The molecule has 0 radical (unpaired) electrons. The van der Waals surface area contributed by atoms with Crippen LogP contribution in [-0.2, 0) is 11.0 Å². The third-order valence-corrected chi connectivity index (χ3v) is 4.51. The molecule has 1 fully saturated rings. The summed E-state index contributed by atoms with van der Waals surface area (Å²) in [7, 11) is 0. The van der Waals surface area contributed by atoms with Gasteiger partial charge in [0.1, 0.15) is 5.82 Å². The molecule has 1 N–H and O–H groups in total. The van der Waals surface area contributed by atoms with Crippen molar-refractivity contribution in [1.82, 2.24) is 9.88 Å². The minimum absolute atomic E-state index is 0.0599. The minimum atomic E-state index is -4.45. The van der Waals surface area contributed by atoms with E-state index >= 15 is 0 Å². The SMILES string of the molecule is O=C(CN1CCN(c2ncccc2C(F)(F)F)CC1)Nc1ccc(Cl)cc1. The summed E-state index contributed by atoms with van der Waals surface area (Å²) in [6.45, 7) is 1.86. The van der Waals surface area contributed by atoms with Crippen molar-refractivity contribution >= 4 is 29.0 Å². The highest BCUT2D eigenvalue weighted by molar-refractivity contribution is 6.30. The molecule has 1 amide bonds. The van der Waals surface area contributed by atoms with E-state index in [1.807, 2.05) is 4.90 Å². The number of aromatic nitrogens is 1. The molecule has 0 unspecified atom stereocenters. The third-order valence-electron chi connectivity index (χ3n) is 4.26. The van der Waals surface area contributed by atoms with Crippen LogP contribution in [0.5, 0.6) is 0 Å². The Kier molecular flexibility index (Phi) is 5.86. The van der Waals surface area contributed by atoms with Gasteiger partial charge < -0.3 is 10.2 Å². The summed E-state index contributed by atoms with van der Waals surface area (Å²) in [6, 6.07) is 9.09. The average molecular weight is 399 g/mol. The second kappa shape index (κ2) is 8.14. The molecular weight excluding hydrogens is 381 g/mol. The van der Waals surface area contributed by atoms with Crippen LogP contribution in [0.1, 0.15) is 5.56 Å². The number of amides is 1. The first-order valence-electron chi connectivity index (χ1n) is 8.38. The van der Waals surface area contributed by atoms with E-state index in [1.165, 1.54) is 12.3 Å². The molecule has 2 heterocycles. The number of piperazine rings is 1. The molecule has 1 aliphatic rings. The van der Waals surface area contributed by atoms with Crippen LogP contribution in [0.4, 0.5) is 24.7 Å². The first-order chi connectivity index (χ1) is 12.8. The molecule has 0 aliphatic carbocycles. The number of alkyl halides is 3. The predicted octanol–water partition coefficient (Wildman–Crippen LogP) is 3.51. The lowest BCUT2D eigenvalue weighted by Crippen LogP contribution is -2.49. The minimum Gasteiger partial charge on any atom is -0.354 e. The van der Waals surface area contributed by atoms with E-state index in [2.05, 4.69) is 10.3 Å². The van der Waals surface area contributed by atoms with Gasteiger partial charge in [-0.05, 0) is 36.4 Å². The first-order valence-corrected chi connectivity index (χ1v) is 8.75. The smallest absolute Gasteiger partial charge is 0.354 e. The molecule has 1 aliphatic heterocycles. The van der Waals surface area contributed by atoms with Gasteiger partial charge in [0, 0.05) is 43.1 Å². The maximum absolute atomic E-state index is 13.1. The van der Waals surface area contributed by atoms with Gasteiger partial charge in [0.15, 0.2) is 0 Å². The molecule has 1 saturated heterocycles. The number of hydrogen-bond acceptors (Lipinski definition) is 4. The van der Waals surface area contributed by atoms with Crippen LogP contribution in [-0.4, -0.2) is 48.5 Å². The Morgan fingerprint density at radius 2 is 1.78 bits per heavy atom. The van der Waals surface area contributed by atoms with Gasteiger partial charge in [-0.2, -0.15) is 13.2 Å². The van der Waals surface area contributed by atoms with Crippen LogP contribution in [0.2, 0.25) is 5.02 Å².